The van der Waals surface area contributed by atoms with Crippen LogP contribution in [0.1, 0.15) is 62.4 Å². The smallest absolute Gasteiger partial charge is 0.338 e. The van der Waals surface area contributed by atoms with Crippen molar-refractivity contribution in [3.63, 3.8) is 0 Å². The van der Waals surface area contributed by atoms with Crippen molar-refractivity contribution in [1.29, 1.82) is 0 Å². The summed E-state index contributed by atoms with van der Waals surface area (Å²) in [5.74, 6) is -1.56. The standard InChI is InChI=1S/C31H40F3N3O4S2/c1-20(2)36(4)24-9-14-27(22(18-24)19-43(40,41)26-12-10-25(42-5)11-13-26)37-16-15-30(3,29(37)39)35-28(38)21-7-6-8-23(17-21)31(32,33)34/h6-8,10-13,17,20,22,24,27H,9,14-16,18-19H2,1-5H3,(H,35,38)/t22-,24?,27?,30-/m0/s1. The molecule has 2 unspecified atom stereocenters. The molecule has 43 heavy (non-hydrogen) atoms. The molecule has 12 heteroatoms. The third-order valence-electron chi connectivity index (χ3n) is 8.98. The zero-order valence-corrected chi connectivity index (χ0v) is 26.8. The van der Waals surface area contributed by atoms with Gasteiger partial charge in [0.15, 0.2) is 9.84 Å². The van der Waals surface area contributed by atoms with Crippen LogP contribution in [0, 0.1) is 5.92 Å². The summed E-state index contributed by atoms with van der Waals surface area (Å²) >= 11 is 1.53. The van der Waals surface area contributed by atoms with Gasteiger partial charge < -0.3 is 15.1 Å². The molecule has 0 bridgehead atoms. The predicted octanol–water partition coefficient (Wildman–Crippen LogP) is 5.50. The van der Waals surface area contributed by atoms with E-state index in [1.807, 2.05) is 13.3 Å². The largest absolute Gasteiger partial charge is 0.416 e. The minimum absolute atomic E-state index is 0.115. The zero-order chi connectivity index (χ0) is 31.7. The quantitative estimate of drug-likeness (QED) is 0.365. The monoisotopic (exact) mass is 639 g/mol. The van der Waals surface area contributed by atoms with Crippen molar-refractivity contribution in [2.75, 3.05) is 25.6 Å². The number of benzene rings is 2. The number of hydrogen-bond donors (Lipinski definition) is 1. The predicted molar refractivity (Wildman–Crippen MR) is 162 cm³/mol. The van der Waals surface area contributed by atoms with Gasteiger partial charge in [-0.05, 0) is 108 Å². The highest BCUT2D eigenvalue weighted by molar-refractivity contribution is 7.98. The number of sulfone groups is 1. The molecule has 0 radical (unpaired) electrons. The highest BCUT2D eigenvalue weighted by Gasteiger charge is 2.49. The van der Waals surface area contributed by atoms with Crippen LogP contribution in [0.2, 0.25) is 0 Å². The van der Waals surface area contributed by atoms with E-state index in [1.54, 1.807) is 36.1 Å². The fourth-order valence-corrected chi connectivity index (χ4v) is 8.30. The lowest BCUT2D eigenvalue weighted by Gasteiger charge is -2.44. The maximum absolute atomic E-state index is 13.9. The van der Waals surface area contributed by atoms with E-state index in [0.717, 1.165) is 29.5 Å². The molecule has 236 valence electrons. The van der Waals surface area contributed by atoms with Crippen molar-refractivity contribution in [2.24, 2.45) is 5.92 Å². The number of hydrogen-bond acceptors (Lipinski definition) is 6. The molecular weight excluding hydrogens is 599 g/mol. The minimum atomic E-state index is -4.60. The van der Waals surface area contributed by atoms with Crippen molar-refractivity contribution in [3.8, 4) is 0 Å². The first-order valence-corrected chi connectivity index (χ1v) is 17.3. The Hall–Kier alpha value is -2.57. The Labute approximate surface area is 256 Å². The van der Waals surface area contributed by atoms with Crippen LogP contribution in [0.15, 0.2) is 58.3 Å². The maximum atomic E-state index is 13.9. The summed E-state index contributed by atoms with van der Waals surface area (Å²) in [6, 6.07) is 11.0. The van der Waals surface area contributed by atoms with Crippen molar-refractivity contribution < 1.29 is 31.2 Å². The average molecular weight is 640 g/mol. The molecule has 1 saturated heterocycles. The lowest BCUT2D eigenvalue weighted by molar-refractivity contribution is -0.138. The molecule has 2 aromatic carbocycles. The molecule has 1 N–H and O–H groups in total. The summed E-state index contributed by atoms with van der Waals surface area (Å²) < 4.78 is 66.9. The number of halogens is 3. The first-order valence-electron chi connectivity index (χ1n) is 14.5. The summed E-state index contributed by atoms with van der Waals surface area (Å²) in [6.45, 7) is 6.08. The molecule has 7 nitrogen and oxygen atoms in total. The summed E-state index contributed by atoms with van der Waals surface area (Å²) in [5, 5.41) is 2.68. The van der Waals surface area contributed by atoms with Gasteiger partial charge in [0.05, 0.1) is 16.2 Å². The molecule has 2 aromatic rings. The molecule has 1 aliphatic carbocycles. The number of likely N-dealkylation sites (tertiary alicyclic amines) is 1. The van der Waals surface area contributed by atoms with Crippen LogP contribution in [0.4, 0.5) is 13.2 Å². The number of carbonyl (C=O) groups is 2. The highest BCUT2D eigenvalue weighted by atomic mass is 32.2. The third kappa shape index (κ3) is 7.39. The van der Waals surface area contributed by atoms with Crippen molar-refractivity contribution in [2.45, 2.75) is 86.1 Å². The van der Waals surface area contributed by atoms with E-state index in [4.69, 9.17) is 0 Å². The third-order valence-corrected chi connectivity index (χ3v) is 11.6. The Morgan fingerprint density at radius 2 is 1.84 bits per heavy atom. The maximum Gasteiger partial charge on any atom is 0.416 e. The number of rotatable bonds is 9. The van der Waals surface area contributed by atoms with Crippen LogP contribution in [-0.2, 0) is 20.8 Å². The molecule has 2 fully saturated rings. The van der Waals surface area contributed by atoms with Crippen LogP contribution < -0.4 is 5.32 Å². The van der Waals surface area contributed by atoms with E-state index >= 15 is 0 Å². The molecule has 0 spiro atoms. The van der Waals surface area contributed by atoms with Crippen LogP contribution >= 0.6 is 11.8 Å². The number of thioether (sulfide) groups is 1. The molecule has 1 saturated carbocycles. The lowest BCUT2D eigenvalue weighted by atomic mass is 9.80. The van der Waals surface area contributed by atoms with Gasteiger partial charge in [0.2, 0.25) is 5.91 Å². The topological polar surface area (TPSA) is 86.8 Å². The Kier molecular flexibility index (Phi) is 9.93. The normalized spacial score (nSPS) is 25.0. The van der Waals surface area contributed by atoms with Crippen molar-refractivity contribution in [3.05, 3.63) is 59.7 Å². The molecule has 0 aromatic heterocycles. The Morgan fingerprint density at radius 3 is 2.44 bits per heavy atom. The Balaban J connectivity index is 1.56. The van der Waals surface area contributed by atoms with E-state index in [0.29, 0.717) is 19.4 Å². The SMILES string of the molecule is CSc1ccc(S(=O)(=O)C[C@@H]2CC(N(C)C(C)C)CCC2N2CC[C@](C)(NC(=O)c3cccc(C(F)(F)F)c3)C2=O)cc1. The van der Waals surface area contributed by atoms with Crippen LogP contribution in [-0.4, -0.2) is 79.3 Å². The second-order valence-electron chi connectivity index (χ2n) is 12.1. The summed E-state index contributed by atoms with van der Waals surface area (Å²) in [5.41, 5.74) is -2.45. The second-order valence-corrected chi connectivity index (χ2v) is 15.0. The fraction of sp³-hybridized carbons (Fsp3) is 0.548. The summed E-state index contributed by atoms with van der Waals surface area (Å²) in [4.78, 5) is 32.0. The van der Waals surface area contributed by atoms with Gasteiger partial charge in [-0.25, -0.2) is 8.42 Å². The summed E-state index contributed by atoms with van der Waals surface area (Å²) in [7, 11) is -1.63. The van der Waals surface area contributed by atoms with Gasteiger partial charge in [-0.1, -0.05) is 6.07 Å². The molecule has 2 aliphatic rings. The minimum Gasteiger partial charge on any atom is -0.338 e. The van der Waals surface area contributed by atoms with Gasteiger partial charge >= 0.3 is 6.18 Å². The van der Waals surface area contributed by atoms with Crippen LogP contribution in [0.25, 0.3) is 0 Å². The Bertz CT molecular complexity index is 1430. The summed E-state index contributed by atoms with van der Waals surface area (Å²) in [6.07, 6.45) is -0.429. The molecule has 4 atom stereocenters. The number of carbonyl (C=O) groups excluding carboxylic acids is 2. The van der Waals surface area contributed by atoms with Gasteiger partial charge in [0.1, 0.15) is 5.54 Å². The average Bonchev–Trinajstić information content (AvgIpc) is 3.25. The van der Waals surface area contributed by atoms with Crippen LogP contribution in [0.3, 0.4) is 0 Å². The van der Waals surface area contributed by atoms with Crippen molar-refractivity contribution >= 4 is 33.4 Å². The fourth-order valence-electron chi connectivity index (χ4n) is 6.23. The number of nitrogens with one attached hydrogen (secondary N) is 1. The van der Waals surface area contributed by atoms with E-state index in [9.17, 15) is 31.2 Å². The first kappa shape index (κ1) is 33.3. The first-order chi connectivity index (χ1) is 20.1. The number of alkyl halides is 3. The van der Waals surface area contributed by atoms with E-state index in [-0.39, 0.29) is 52.6 Å². The van der Waals surface area contributed by atoms with Gasteiger partial charge in [-0.15, -0.1) is 11.8 Å². The van der Waals surface area contributed by atoms with Gasteiger partial charge in [-0.3, -0.25) is 9.59 Å². The van der Waals surface area contributed by atoms with E-state index in [1.165, 1.54) is 17.8 Å². The van der Waals surface area contributed by atoms with E-state index in [2.05, 4.69) is 24.1 Å². The second kappa shape index (κ2) is 12.8. The number of amides is 2. The molecule has 4 rings (SSSR count). The number of nitrogens with zero attached hydrogens (tertiary/aromatic N) is 2. The highest BCUT2D eigenvalue weighted by Crippen LogP contribution is 2.38. The molecular formula is C31H40F3N3O4S2. The van der Waals surface area contributed by atoms with Crippen molar-refractivity contribution in [1.82, 2.24) is 15.1 Å². The lowest BCUT2D eigenvalue weighted by Crippen LogP contribution is -2.56. The van der Waals surface area contributed by atoms with Gasteiger partial charge in [0.25, 0.3) is 5.91 Å². The van der Waals surface area contributed by atoms with Gasteiger partial charge in [0, 0.05) is 35.1 Å². The molecule has 1 heterocycles. The zero-order valence-electron chi connectivity index (χ0n) is 25.1. The van der Waals surface area contributed by atoms with E-state index < -0.39 is 33.0 Å². The Morgan fingerprint density at radius 1 is 1.16 bits per heavy atom. The van der Waals surface area contributed by atoms with Crippen LogP contribution in [0.5, 0.6) is 0 Å². The molecule has 1 aliphatic heterocycles. The molecule has 2 amide bonds. The van der Waals surface area contributed by atoms with Gasteiger partial charge in [-0.2, -0.15) is 13.2 Å².